The Bertz CT molecular complexity index is 336. The Hall–Kier alpha value is -1.08. The van der Waals surface area contributed by atoms with E-state index in [-0.39, 0.29) is 5.91 Å². The molecule has 2 aliphatic carbocycles. The molecule has 2 saturated carbocycles. The third-order valence-corrected chi connectivity index (χ3v) is 4.22. The summed E-state index contributed by atoms with van der Waals surface area (Å²) in [4.78, 5) is 12.1. The van der Waals surface area contributed by atoms with Crippen LogP contribution >= 0.6 is 0 Å². The van der Waals surface area contributed by atoms with Gasteiger partial charge in [0.25, 0.3) is 0 Å². The fraction of sp³-hybridized carbons (Fsp3) is 0.846. The van der Waals surface area contributed by atoms with E-state index in [1.54, 1.807) is 0 Å². The van der Waals surface area contributed by atoms with Crippen molar-refractivity contribution in [2.75, 3.05) is 6.54 Å². The van der Waals surface area contributed by atoms with E-state index < -0.39 is 11.0 Å². The van der Waals surface area contributed by atoms with Crippen LogP contribution in [0.25, 0.3) is 0 Å². The SMILES string of the molecule is N#CC1(C(=O)NCC2(O)CCC2)CCCCC1. The lowest BCUT2D eigenvalue weighted by atomic mass is 9.74. The number of amides is 1. The van der Waals surface area contributed by atoms with Gasteiger partial charge < -0.3 is 10.4 Å². The van der Waals surface area contributed by atoms with Crippen LogP contribution in [0.1, 0.15) is 51.4 Å². The lowest BCUT2D eigenvalue weighted by molar-refractivity contribution is -0.132. The third-order valence-electron chi connectivity index (χ3n) is 4.22. The first-order chi connectivity index (χ1) is 8.10. The molecule has 0 aromatic carbocycles. The summed E-state index contributed by atoms with van der Waals surface area (Å²) in [5.41, 5.74) is -1.54. The van der Waals surface area contributed by atoms with Crippen molar-refractivity contribution in [3.8, 4) is 6.07 Å². The summed E-state index contributed by atoms with van der Waals surface area (Å²) in [6, 6.07) is 2.20. The van der Waals surface area contributed by atoms with Gasteiger partial charge in [-0.15, -0.1) is 0 Å². The molecule has 0 unspecified atom stereocenters. The maximum Gasteiger partial charge on any atom is 0.240 e. The van der Waals surface area contributed by atoms with Gasteiger partial charge in [0.2, 0.25) is 5.91 Å². The first-order valence-corrected chi connectivity index (χ1v) is 6.52. The minimum absolute atomic E-state index is 0.181. The van der Waals surface area contributed by atoms with E-state index in [1.807, 2.05) is 0 Å². The molecule has 4 heteroatoms. The van der Waals surface area contributed by atoms with Crippen LogP contribution in [0.2, 0.25) is 0 Å². The number of carbonyl (C=O) groups is 1. The molecule has 0 atom stereocenters. The zero-order valence-electron chi connectivity index (χ0n) is 10.2. The molecule has 2 N–H and O–H groups in total. The highest BCUT2D eigenvalue weighted by atomic mass is 16.3. The predicted molar refractivity (Wildman–Crippen MR) is 62.9 cm³/mol. The van der Waals surface area contributed by atoms with Crippen LogP contribution < -0.4 is 5.32 Å². The Kier molecular flexibility index (Phi) is 3.39. The van der Waals surface area contributed by atoms with E-state index in [9.17, 15) is 15.2 Å². The van der Waals surface area contributed by atoms with Gasteiger partial charge in [0.15, 0.2) is 0 Å². The largest absolute Gasteiger partial charge is 0.388 e. The average molecular weight is 236 g/mol. The van der Waals surface area contributed by atoms with Crippen molar-refractivity contribution < 1.29 is 9.90 Å². The van der Waals surface area contributed by atoms with Crippen LogP contribution in [-0.4, -0.2) is 23.2 Å². The molecule has 94 valence electrons. The summed E-state index contributed by atoms with van der Waals surface area (Å²) in [5.74, 6) is -0.181. The van der Waals surface area contributed by atoms with Gasteiger partial charge in [0, 0.05) is 6.54 Å². The lowest BCUT2D eigenvalue weighted by Crippen LogP contribution is -2.51. The number of aliphatic hydroxyl groups is 1. The molecule has 2 aliphatic rings. The number of hydrogen-bond acceptors (Lipinski definition) is 3. The number of rotatable bonds is 3. The average Bonchev–Trinajstić information content (AvgIpc) is 2.34. The van der Waals surface area contributed by atoms with Gasteiger partial charge in [0.1, 0.15) is 5.41 Å². The fourth-order valence-corrected chi connectivity index (χ4v) is 2.72. The van der Waals surface area contributed by atoms with Crippen molar-refractivity contribution in [3.05, 3.63) is 0 Å². The minimum atomic E-state index is -0.835. The number of nitrogens with zero attached hydrogens (tertiary/aromatic N) is 1. The molecule has 4 nitrogen and oxygen atoms in total. The number of carbonyl (C=O) groups excluding carboxylic acids is 1. The van der Waals surface area contributed by atoms with Crippen LogP contribution in [0.3, 0.4) is 0 Å². The summed E-state index contributed by atoms with van der Waals surface area (Å²) >= 11 is 0. The van der Waals surface area contributed by atoms with Crippen molar-refractivity contribution in [2.45, 2.75) is 57.0 Å². The van der Waals surface area contributed by atoms with Gasteiger partial charge in [-0.2, -0.15) is 5.26 Å². The van der Waals surface area contributed by atoms with Crippen molar-refractivity contribution >= 4 is 5.91 Å². The maximum absolute atomic E-state index is 12.1. The van der Waals surface area contributed by atoms with Crippen LogP contribution in [0.5, 0.6) is 0 Å². The normalized spacial score (nSPS) is 25.4. The van der Waals surface area contributed by atoms with E-state index >= 15 is 0 Å². The minimum Gasteiger partial charge on any atom is -0.388 e. The van der Waals surface area contributed by atoms with Gasteiger partial charge in [-0.1, -0.05) is 19.3 Å². The highest BCUT2D eigenvalue weighted by Gasteiger charge is 2.41. The van der Waals surface area contributed by atoms with Gasteiger partial charge in [-0.25, -0.2) is 0 Å². The second-order valence-electron chi connectivity index (χ2n) is 5.52. The Labute approximate surface area is 102 Å². The van der Waals surface area contributed by atoms with E-state index in [0.29, 0.717) is 19.4 Å². The van der Waals surface area contributed by atoms with Crippen LogP contribution in [0, 0.1) is 16.7 Å². The molecular weight excluding hydrogens is 216 g/mol. The van der Waals surface area contributed by atoms with E-state index in [0.717, 1.165) is 38.5 Å². The summed E-state index contributed by atoms with van der Waals surface area (Å²) in [5, 5.41) is 21.9. The molecule has 0 aromatic heterocycles. The molecule has 0 radical (unpaired) electrons. The highest BCUT2D eigenvalue weighted by Crippen LogP contribution is 2.36. The van der Waals surface area contributed by atoms with Crippen molar-refractivity contribution in [1.29, 1.82) is 5.26 Å². The van der Waals surface area contributed by atoms with Crippen molar-refractivity contribution in [2.24, 2.45) is 5.41 Å². The Morgan fingerprint density at radius 3 is 2.29 bits per heavy atom. The van der Waals surface area contributed by atoms with Gasteiger partial charge in [-0.05, 0) is 32.1 Å². The van der Waals surface area contributed by atoms with Crippen LogP contribution in [-0.2, 0) is 4.79 Å². The molecule has 17 heavy (non-hydrogen) atoms. The van der Waals surface area contributed by atoms with Crippen LogP contribution in [0.15, 0.2) is 0 Å². The molecule has 0 aromatic rings. The summed E-state index contributed by atoms with van der Waals surface area (Å²) in [6.45, 7) is 0.301. The fourth-order valence-electron chi connectivity index (χ4n) is 2.72. The number of nitrogens with one attached hydrogen (secondary N) is 1. The summed E-state index contributed by atoms with van der Waals surface area (Å²) in [6.07, 6.45) is 6.87. The van der Waals surface area contributed by atoms with E-state index in [2.05, 4.69) is 11.4 Å². The quantitative estimate of drug-likeness (QED) is 0.779. The molecule has 2 fully saturated rings. The van der Waals surface area contributed by atoms with Gasteiger partial charge >= 0.3 is 0 Å². The second kappa shape index (κ2) is 4.66. The second-order valence-corrected chi connectivity index (χ2v) is 5.52. The zero-order chi connectivity index (χ0) is 12.4. The van der Waals surface area contributed by atoms with E-state index in [4.69, 9.17) is 0 Å². The predicted octanol–water partition coefficient (Wildman–Crippen LogP) is 1.49. The first kappa shape index (κ1) is 12.4. The number of nitriles is 1. The monoisotopic (exact) mass is 236 g/mol. The third kappa shape index (κ3) is 2.44. The molecule has 0 bridgehead atoms. The highest BCUT2D eigenvalue weighted by molar-refractivity contribution is 5.85. The van der Waals surface area contributed by atoms with Gasteiger partial charge in [0.05, 0.1) is 11.7 Å². The molecule has 0 heterocycles. The standard InChI is InChI=1S/C13H20N2O2/c14-9-12(5-2-1-3-6-12)11(16)15-10-13(17)7-4-8-13/h17H,1-8,10H2,(H,15,16). The summed E-state index contributed by atoms with van der Waals surface area (Å²) in [7, 11) is 0. The molecule has 1 amide bonds. The topological polar surface area (TPSA) is 73.1 Å². The first-order valence-electron chi connectivity index (χ1n) is 6.52. The Balaban J connectivity index is 1.91. The van der Waals surface area contributed by atoms with Gasteiger partial charge in [-0.3, -0.25) is 4.79 Å². The number of hydrogen-bond donors (Lipinski definition) is 2. The zero-order valence-corrected chi connectivity index (χ0v) is 10.2. The summed E-state index contributed by atoms with van der Waals surface area (Å²) < 4.78 is 0. The molecule has 0 saturated heterocycles. The van der Waals surface area contributed by atoms with Crippen molar-refractivity contribution in [1.82, 2.24) is 5.32 Å². The Morgan fingerprint density at radius 2 is 1.82 bits per heavy atom. The smallest absolute Gasteiger partial charge is 0.240 e. The Morgan fingerprint density at radius 1 is 1.18 bits per heavy atom. The van der Waals surface area contributed by atoms with Crippen LogP contribution in [0.4, 0.5) is 0 Å². The molecule has 0 spiro atoms. The molecule has 2 rings (SSSR count). The maximum atomic E-state index is 12.1. The molecular formula is C13H20N2O2. The lowest BCUT2D eigenvalue weighted by Gasteiger charge is -2.38. The van der Waals surface area contributed by atoms with Crippen molar-refractivity contribution in [3.63, 3.8) is 0 Å². The van der Waals surface area contributed by atoms with E-state index in [1.165, 1.54) is 0 Å². The molecule has 0 aliphatic heterocycles.